The number of oxime groups is 1. The predicted octanol–water partition coefficient (Wildman–Crippen LogP) is 3.61. The second-order valence-corrected chi connectivity index (χ2v) is 5.74. The third-order valence-corrected chi connectivity index (χ3v) is 4.10. The van der Waals surface area contributed by atoms with E-state index in [2.05, 4.69) is 10.1 Å². The van der Waals surface area contributed by atoms with Crippen LogP contribution in [0.1, 0.15) is 28.1 Å². The summed E-state index contributed by atoms with van der Waals surface area (Å²) in [6.45, 7) is 6.08. The third-order valence-electron chi connectivity index (χ3n) is 2.92. The summed E-state index contributed by atoms with van der Waals surface area (Å²) in [5.41, 5.74) is 2.61. The quantitative estimate of drug-likeness (QED) is 0.480. The predicted molar refractivity (Wildman–Crippen MR) is 81.7 cm³/mol. The zero-order valence-electron chi connectivity index (χ0n) is 12.0. The number of nitrogens with zero attached hydrogens (tertiary/aromatic N) is 3. The van der Waals surface area contributed by atoms with E-state index in [1.165, 1.54) is 12.1 Å². The fourth-order valence-electron chi connectivity index (χ4n) is 1.58. The molecule has 2 rings (SSSR count). The van der Waals surface area contributed by atoms with Crippen LogP contribution in [0.15, 0.2) is 29.4 Å². The van der Waals surface area contributed by atoms with Crippen molar-refractivity contribution in [2.24, 2.45) is 5.16 Å². The van der Waals surface area contributed by atoms with Gasteiger partial charge in [0.2, 0.25) is 0 Å². The monoisotopic (exact) mass is 305 g/mol. The average Bonchev–Trinajstić information content (AvgIpc) is 2.79. The van der Waals surface area contributed by atoms with Gasteiger partial charge in [-0.05, 0) is 38.5 Å². The first-order valence-electron chi connectivity index (χ1n) is 6.31. The molecule has 110 valence electrons. The topological polar surface area (TPSA) is 77.6 Å². The van der Waals surface area contributed by atoms with E-state index in [4.69, 9.17) is 4.84 Å². The van der Waals surface area contributed by atoms with Crippen LogP contribution in [0.3, 0.4) is 0 Å². The summed E-state index contributed by atoms with van der Waals surface area (Å²) >= 11 is 1.58. The molecule has 1 aromatic carbocycles. The van der Waals surface area contributed by atoms with Crippen molar-refractivity contribution in [3.8, 4) is 0 Å². The van der Waals surface area contributed by atoms with Gasteiger partial charge in [0.1, 0.15) is 17.3 Å². The molecule has 2 aromatic rings. The molecule has 0 saturated carbocycles. The molecule has 1 heterocycles. The van der Waals surface area contributed by atoms with Gasteiger partial charge in [-0.2, -0.15) is 0 Å². The largest absolute Gasteiger partial charge is 0.391 e. The van der Waals surface area contributed by atoms with Gasteiger partial charge in [0, 0.05) is 17.0 Å². The molecule has 0 atom stereocenters. The molecule has 0 fully saturated rings. The van der Waals surface area contributed by atoms with Crippen LogP contribution in [0.5, 0.6) is 0 Å². The molecular formula is C14H15N3O3S. The van der Waals surface area contributed by atoms with Crippen LogP contribution < -0.4 is 0 Å². The highest BCUT2D eigenvalue weighted by molar-refractivity contribution is 7.13. The van der Waals surface area contributed by atoms with Crippen LogP contribution in [0, 0.1) is 24.0 Å². The van der Waals surface area contributed by atoms with Crippen LogP contribution in [-0.2, 0) is 11.4 Å². The number of non-ortho nitro benzene ring substituents is 1. The Kier molecular flexibility index (Phi) is 4.64. The van der Waals surface area contributed by atoms with Gasteiger partial charge in [-0.15, -0.1) is 11.3 Å². The molecule has 0 spiro atoms. The lowest BCUT2D eigenvalue weighted by Gasteiger charge is -2.01. The van der Waals surface area contributed by atoms with E-state index in [-0.39, 0.29) is 12.3 Å². The molecular weight excluding hydrogens is 290 g/mol. The number of aryl methyl sites for hydroxylation is 2. The normalized spacial score (nSPS) is 11.5. The van der Waals surface area contributed by atoms with E-state index in [1.807, 2.05) is 20.8 Å². The molecule has 6 nitrogen and oxygen atoms in total. The summed E-state index contributed by atoms with van der Waals surface area (Å²) < 4.78 is 0. The summed E-state index contributed by atoms with van der Waals surface area (Å²) in [4.78, 5) is 20.9. The van der Waals surface area contributed by atoms with Crippen LogP contribution in [0.2, 0.25) is 0 Å². The number of hydrogen-bond donors (Lipinski definition) is 0. The highest BCUT2D eigenvalue weighted by atomic mass is 32.1. The lowest BCUT2D eigenvalue weighted by molar-refractivity contribution is -0.384. The Morgan fingerprint density at radius 2 is 2.05 bits per heavy atom. The molecule has 7 heteroatoms. The van der Waals surface area contributed by atoms with Crippen molar-refractivity contribution in [2.45, 2.75) is 27.4 Å². The van der Waals surface area contributed by atoms with Crippen molar-refractivity contribution in [2.75, 3.05) is 0 Å². The minimum Gasteiger partial charge on any atom is -0.391 e. The molecule has 0 amide bonds. The van der Waals surface area contributed by atoms with Gasteiger partial charge in [0.05, 0.1) is 10.6 Å². The lowest BCUT2D eigenvalue weighted by atomic mass is 10.2. The van der Waals surface area contributed by atoms with E-state index in [0.29, 0.717) is 0 Å². The Balaban J connectivity index is 1.96. The molecule has 21 heavy (non-hydrogen) atoms. The highest BCUT2D eigenvalue weighted by Gasteiger charge is 2.07. The van der Waals surface area contributed by atoms with Crippen molar-refractivity contribution in [1.29, 1.82) is 0 Å². The summed E-state index contributed by atoms with van der Waals surface area (Å²) in [6, 6.07) is 6.20. The molecule has 0 N–H and O–H groups in total. The zero-order chi connectivity index (χ0) is 15.4. The molecule has 0 bridgehead atoms. The minimum absolute atomic E-state index is 0.0622. The summed E-state index contributed by atoms with van der Waals surface area (Å²) in [5, 5.41) is 15.4. The van der Waals surface area contributed by atoms with Crippen molar-refractivity contribution < 1.29 is 9.76 Å². The van der Waals surface area contributed by atoms with Crippen LogP contribution >= 0.6 is 11.3 Å². The van der Waals surface area contributed by atoms with Crippen molar-refractivity contribution in [1.82, 2.24) is 4.98 Å². The number of rotatable bonds is 5. The first-order valence-corrected chi connectivity index (χ1v) is 7.13. The average molecular weight is 305 g/mol. The molecule has 0 aliphatic heterocycles. The van der Waals surface area contributed by atoms with Crippen LogP contribution in [-0.4, -0.2) is 15.6 Å². The maximum absolute atomic E-state index is 10.5. The van der Waals surface area contributed by atoms with Gasteiger partial charge < -0.3 is 4.84 Å². The Hall–Kier alpha value is -2.28. The Morgan fingerprint density at radius 1 is 1.38 bits per heavy atom. The molecule has 1 aromatic heterocycles. The first-order chi connectivity index (χ1) is 9.97. The van der Waals surface area contributed by atoms with Gasteiger partial charge in [-0.1, -0.05) is 5.16 Å². The number of benzene rings is 1. The standard InChI is InChI=1S/C14H15N3O3S/c1-9-11(3)21-14(15-9)10(2)16-20-8-12-4-6-13(7-5-12)17(18)19/h4-7H,8H2,1-3H3/b16-10-. The fourth-order valence-corrected chi connectivity index (χ4v) is 2.43. The van der Waals surface area contributed by atoms with Crippen molar-refractivity contribution >= 4 is 22.7 Å². The summed E-state index contributed by atoms with van der Waals surface area (Å²) in [6.07, 6.45) is 0. The van der Waals surface area contributed by atoms with Gasteiger partial charge in [-0.25, -0.2) is 4.98 Å². The molecule has 0 saturated heterocycles. The SMILES string of the molecule is C/C(=N/OCc1ccc([N+](=O)[O-])cc1)c1nc(C)c(C)s1. The number of hydrogen-bond acceptors (Lipinski definition) is 6. The van der Waals surface area contributed by atoms with E-state index < -0.39 is 4.92 Å². The van der Waals surface area contributed by atoms with E-state index >= 15 is 0 Å². The zero-order valence-corrected chi connectivity index (χ0v) is 12.8. The summed E-state index contributed by atoms with van der Waals surface area (Å²) in [7, 11) is 0. The molecule has 0 radical (unpaired) electrons. The number of thiazole rings is 1. The van der Waals surface area contributed by atoms with Crippen LogP contribution in [0.4, 0.5) is 5.69 Å². The Bertz CT molecular complexity index is 658. The molecule has 0 aliphatic carbocycles. The number of aromatic nitrogens is 1. The maximum Gasteiger partial charge on any atom is 0.269 e. The lowest BCUT2D eigenvalue weighted by Crippen LogP contribution is -1.96. The molecule has 0 unspecified atom stereocenters. The van der Waals surface area contributed by atoms with E-state index in [1.54, 1.807) is 23.5 Å². The van der Waals surface area contributed by atoms with Crippen LogP contribution in [0.25, 0.3) is 0 Å². The van der Waals surface area contributed by atoms with Crippen molar-refractivity contribution in [3.63, 3.8) is 0 Å². The van der Waals surface area contributed by atoms with E-state index in [9.17, 15) is 10.1 Å². The minimum atomic E-state index is -0.430. The fraction of sp³-hybridized carbons (Fsp3) is 0.286. The second kappa shape index (κ2) is 6.45. The smallest absolute Gasteiger partial charge is 0.269 e. The number of nitro benzene ring substituents is 1. The second-order valence-electron chi connectivity index (χ2n) is 4.53. The van der Waals surface area contributed by atoms with Gasteiger partial charge in [-0.3, -0.25) is 10.1 Å². The number of nitro groups is 1. The first kappa shape index (κ1) is 15.1. The van der Waals surface area contributed by atoms with E-state index in [0.717, 1.165) is 26.9 Å². The Morgan fingerprint density at radius 3 is 2.57 bits per heavy atom. The Labute approximate surface area is 126 Å². The van der Waals surface area contributed by atoms with Gasteiger partial charge in [0.25, 0.3) is 5.69 Å². The van der Waals surface area contributed by atoms with Crippen molar-refractivity contribution in [3.05, 3.63) is 55.5 Å². The van der Waals surface area contributed by atoms with Gasteiger partial charge >= 0.3 is 0 Å². The highest BCUT2D eigenvalue weighted by Crippen LogP contribution is 2.17. The summed E-state index contributed by atoms with van der Waals surface area (Å²) in [5.74, 6) is 0. The van der Waals surface area contributed by atoms with Gasteiger partial charge in [0.15, 0.2) is 0 Å². The molecule has 0 aliphatic rings. The third kappa shape index (κ3) is 3.85. The maximum atomic E-state index is 10.5.